The molecule has 0 aliphatic carbocycles. The van der Waals surface area contributed by atoms with Gasteiger partial charge in [-0.25, -0.2) is 0 Å². The summed E-state index contributed by atoms with van der Waals surface area (Å²) in [6.07, 6.45) is 4.66. The van der Waals surface area contributed by atoms with E-state index in [1.165, 1.54) is 18.4 Å². The second kappa shape index (κ2) is 10.2. The Labute approximate surface area is 138 Å². The molecular weight excluding hydrogens is 326 g/mol. The molecule has 120 valence electrons. The van der Waals surface area contributed by atoms with Crippen molar-refractivity contribution in [3.63, 3.8) is 0 Å². The van der Waals surface area contributed by atoms with Crippen LogP contribution in [0.5, 0.6) is 5.75 Å². The third-order valence-corrected chi connectivity index (χ3v) is 4.32. The van der Waals surface area contributed by atoms with Crippen LogP contribution < -0.4 is 10.1 Å². The SMILES string of the molecule is CCCNC(c1ccc(OCCC)c(Br)c1)C(C)CCC. The van der Waals surface area contributed by atoms with Crippen molar-refractivity contribution in [1.82, 2.24) is 5.32 Å². The van der Waals surface area contributed by atoms with E-state index in [4.69, 9.17) is 4.74 Å². The van der Waals surface area contributed by atoms with Gasteiger partial charge in [0.2, 0.25) is 0 Å². The van der Waals surface area contributed by atoms with Gasteiger partial charge in [-0.05, 0) is 65.4 Å². The highest BCUT2D eigenvalue weighted by molar-refractivity contribution is 9.10. The lowest BCUT2D eigenvalue weighted by molar-refractivity contribution is 0.314. The maximum Gasteiger partial charge on any atom is 0.133 e. The Morgan fingerprint density at radius 2 is 1.90 bits per heavy atom. The highest BCUT2D eigenvalue weighted by Crippen LogP contribution is 2.32. The summed E-state index contributed by atoms with van der Waals surface area (Å²) in [6.45, 7) is 10.8. The van der Waals surface area contributed by atoms with Gasteiger partial charge in [0.05, 0.1) is 11.1 Å². The van der Waals surface area contributed by atoms with Crippen LogP contribution in [0.2, 0.25) is 0 Å². The molecule has 0 saturated carbocycles. The molecule has 0 saturated heterocycles. The van der Waals surface area contributed by atoms with Crippen LogP contribution in [0, 0.1) is 5.92 Å². The minimum absolute atomic E-state index is 0.418. The molecule has 0 aliphatic heterocycles. The summed E-state index contributed by atoms with van der Waals surface area (Å²) >= 11 is 3.65. The van der Waals surface area contributed by atoms with E-state index in [1.807, 2.05) is 0 Å². The maximum atomic E-state index is 5.74. The Hall–Kier alpha value is -0.540. The Balaban J connectivity index is 2.88. The number of rotatable bonds is 10. The first-order chi connectivity index (χ1) is 10.1. The number of nitrogens with one attached hydrogen (secondary N) is 1. The summed E-state index contributed by atoms with van der Waals surface area (Å²) in [5.74, 6) is 1.58. The van der Waals surface area contributed by atoms with Crippen LogP contribution >= 0.6 is 15.9 Å². The minimum atomic E-state index is 0.418. The standard InChI is InChI=1S/C18H30BrNO/c1-5-8-14(4)18(20-11-6-2)15-9-10-17(16(19)13-15)21-12-7-3/h9-10,13-14,18,20H,5-8,11-12H2,1-4H3. The number of halogens is 1. The first kappa shape index (κ1) is 18.5. The van der Waals surface area contributed by atoms with E-state index in [-0.39, 0.29) is 0 Å². The second-order valence-electron chi connectivity index (χ2n) is 5.74. The van der Waals surface area contributed by atoms with Gasteiger partial charge in [-0.3, -0.25) is 0 Å². The molecule has 1 N–H and O–H groups in total. The Morgan fingerprint density at radius 3 is 2.48 bits per heavy atom. The van der Waals surface area contributed by atoms with Crippen LogP contribution in [-0.2, 0) is 0 Å². The molecule has 0 amide bonds. The lowest BCUT2D eigenvalue weighted by Crippen LogP contribution is -2.27. The number of hydrogen-bond acceptors (Lipinski definition) is 2. The number of ether oxygens (including phenoxy) is 1. The van der Waals surface area contributed by atoms with Gasteiger partial charge in [0, 0.05) is 6.04 Å². The van der Waals surface area contributed by atoms with Crippen molar-refractivity contribution < 1.29 is 4.74 Å². The van der Waals surface area contributed by atoms with Gasteiger partial charge in [-0.15, -0.1) is 0 Å². The van der Waals surface area contributed by atoms with Gasteiger partial charge >= 0.3 is 0 Å². The molecule has 0 radical (unpaired) electrons. The fourth-order valence-electron chi connectivity index (χ4n) is 2.61. The average molecular weight is 356 g/mol. The van der Waals surface area contributed by atoms with Gasteiger partial charge < -0.3 is 10.1 Å². The molecule has 0 aliphatic rings. The minimum Gasteiger partial charge on any atom is -0.492 e. The topological polar surface area (TPSA) is 21.3 Å². The van der Waals surface area contributed by atoms with E-state index >= 15 is 0 Å². The molecular formula is C18H30BrNO. The first-order valence-electron chi connectivity index (χ1n) is 8.29. The second-order valence-corrected chi connectivity index (χ2v) is 6.59. The molecule has 2 unspecified atom stereocenters. The maximum absolute atomic E-state index is 5.74. The predicted molar refractivity (Wildman–Crippen MR) is 95.0 cm³/mol. The highest BCUT2D eigenvalue weighted by Gasteiger charge is 2.19. The fraction of sp³-hybridized carbons (Fsp3) is 0.667. The van der Waals surface area contributed by atoms with E-state index in [0.717, 1.165) is 36.2 Å². The zero-order valence-electron chi connectivity index (χ0n) is 13.9. The summed E-state index contributed by atoms with van der Waals surface area (Å²) in [7, 11) is 0. The molecule has 0 bridgehead atoms. The normalized spacial score (nSPS) is 14.0. The molecule has 21 heavy (non-hydrogen) atoms. The smallest absolute Gasteiger partial charge is 0.133 e. The van der Waals surface area contributed by atoms with Crippen molar-refractivity contribution in [3.8, 4) is 5.75 Å². The van der Waals surface area contributed by atoms with Gasteiger partial charge in [-0.1, -0.05) is 40.2 Å². The number of hydrogen-bond donors (Lipinski definition) is 1. The number of benzene rings is 1. The van der Waals surface area contributed by atoms with Gasteiger partial charge in [0.15, 0.2) is 0 Å². The largest absolute Gasteiger partial charge is 0.492 e. The molecule has 2 nitrogen and oxygen atoms in total. The summed E-state index contributed by atoms with van der Waals surface area (Å²) in [5.41, 5.74) is 1.35. The Bertz CT molecular complexity index is 408. The van der Waals surface area contributed by atoms with E-state index in [9.17, 15) is 0 Å². The van der Waals surface area contributed by atoms with Gasteiger partial charge in [0.25, 0.3) is 0 Å². The van der Waals surface area contributed by atoms with Crippen molar-refractivity contribution in [1.29, 1.82) is 0 Å². The average Bonchev–Trinajstić information content (AvgIpc) is 2.47. The van der Waals surface area contributed by atoms with Crippen LogP contribution in [0.4, 0.5) is 0 Å². The van der Waals surface area contributed by atoms with Crippen molar-refractivity contribution >= 4 is 15.9 Å². The Kier molecular flexibility index (Phi) is 9.02. The predicted octanol–water partition coefficient (Wildman–Crippen LogP) is 5.71. The molecule has 1 aromatic carbocycles. The zero-order valence-corrected chi connectivity index (χ0v) is 15.5. The molecule has 0 spiro atoms. The van der Waals surface area contributed by atoms with E-state index in [0.29, 0.717) is 12.0 Å². The third kappa shape index (κ3) is 5.99. The molecule has 2 atom stereocenters. The summed E-state index contributed by atoms with van der Waals surface area (Å²) in [4.78, 5) is 0. The van der Waals surface area contributed by atoms with Crippen molar-refractivity contribution in [2.24, 2.45) is 5.92 Å². The van der Waals surface area contributed by atoms with E-state index in [2.05, 4.69) is 67.1 Å². The molecule has 1 aromatic rings. The summed E-state index contributed by atoms with van der Waals surface area (Å²) < 4.78 is 6.80. The van der Waals surface area contributed by atoms with Crippen molar-refractivity contribution in [3.05, 3.63) is 28.2 Å². The fourth-order valence-corrected chi connectivity index (χ4v) is 3.12. The third-order valence-electron chi connectivity index (χ3n) is 3.70. The highest BCUT2D eigenvalue weighted by atomic mass is 79.9. The molecule has 1 rings (SSSR count). The van der Waals surface area contributed by atoms with Crippen LogP contribution in [0.1, 0.15) is 65.0 Å². The summed E-state index contributed by atoms with van der Waals surface area (Å²) in [5, 5.41) is 3.70. The lowest BCUT2D eigenvalue weighted by atomic mass is 9.91. The van der Waals surface area contributed by atoms with Crippen LogP contribution in [0.25, 0.3) is 0 Å². The van der Waals surface area contributed by atoms with Gasteiger partial charge in [0.1, 0.15) is 5.75 Å². The van der Waals surface area contributed by atoms with Crippen LogP contribution in [0.15, 0.2) is 22.7 Å². The quantitative estimate of drug-likeness (QED) is 0.579. The van der Waals surface area contributed by atoms with E-state index < -0.39 is 0 Å². The first-order valence-corrected chi connectivity index (χ1v) is 9.08. The molecule has 0 aromatic heterocycles. The van der Waals surface area contributed by atoms with Crippen LogP contribution in [0.3, 0.4) is 0 Å². The van der Waals surface area contributed by atoms with Crippen molar-refractivity contribution in [2.75, 3.05) is 13.2 Å². The van der Waals surface area contributed by atoms with Crippen molar-refractivity contribution in [2.45, 2.75) is 59.4 Å². The van der Waals surface area contributed by atoms with Gasteiger partial charge in [-0.2, -0.15) is 0 Å². The monoisotopic (exact) mass is 355 g/mol. The molecule has 3 heteroatoms. The molecule has 0 heterocycles. The van der Waals surface area contributed by atoms with Crippen LogP contribution in [-0.4, -0.2) is 13.2 Å². The zero-order chi connectivity index (χ0) is 15.7. The Morgan fingerprint density at radius 1 is 1.14 bits per heavy atom. The molecule has 0 fully saturated rings. The van der Waals surface area contributed by atoms with E-state index in [1.54, 1.807) is 0 Å². The summed E-state index contributed by atoms with van der Waals surface area (Å²) in [6, 6.07) is 6.93. The lowest BCUT2D eigenvalue weighted by Gasteiger charge is -2.26.